The topological polar surface area (TPSA) is 84.7 Å². The molecule has 0 saturated carbocycles. The van der Waals surface area contributed by atoms with E-state index < -0.39 is 6.04 Å². The maximum atomic E-state index is 13.0. The van der Waals surface area contributed by atoms with E-state index in [-0.39, 0.29) is 11.8 Å². The fraction of sp³-hybridized carbons (Fsp3) is 0.450. The maximum absolute atomic E-state index is 13.0. The number of amides is 2. The predicted octanol–water partition coefficient (Wildman–Crippen LogP) is 2.61. The third-order valence-corrected chi connectivity index (χ3v) is 4.85. The van der Waals surface area contributed by atoms with Crippen LogP contribution in [0.1, 0.15) is 47.1 Å². The summed E-state index contributed by atoms with van der Waals surface area (Å²) >= 11 is 0. The van der Waals surface area contributed by atoms with Gasteiger partial charge in [0.15, 0.2) is 0 Å². The number of para-hydroxylation sites is 1. The van der Waals surface area contributed by atoms with Crippen LogP contribution in [0.5, 0.6) is 5.75 Å². The van der Waals surface area contributed by atoms with Gasteiger partial charge in [0.2, 0.25) is 5.91 Å². The molecule has 144 valence electrons. The molecule has 27 heavy (non-hydrogen) atoms. The summed E-state index contributed by atoms with van der Waals surface area (Å²) in [4.78, 5) is 27.4. The Morgan fingerprint density at radius 1 is 1.33 bits per heavy atom. The molecule has 1 N–H and O–H groups in total. The summed E-state index contributed by atoms with van der Waals surface area (Å²) in [5.74, 6) is 0.911. The van der Waals surface area contributed by atoms with Gasteiger partial charge >= 0.3 is 0 Å². The minimum Gasteiger partial charge on any atom is -0.493 e. The number of carbonyl (C=O) groups excluding carboxylic acids is 2. The Morgan fingerprint density at radius 3 is 2.81 bits per heavy atom. The van der Waals surface area contributed by atoms with Gasteiger partial charge in [0.1, 0.15) is 17.6 Å². The van der Waals surface area contributed by atoms with E-state index in [0.29, 0.717) is 43.2 Å². The van der Waals surface area contributed by atoms with Crippen molar-refractivity contribution in [2.24, 2.45) is 0 Å². The quantitative estimate of drug-likeness (QED) is 0.844. The van der Waals surface area contributed by atoms with E-state index in [9.17, 15) is 9.59 Å². The Morgan fingerprint density at radius 2 is 2.11 bits per heavy atom. The second-order valence-electron chi connectivity index (χ2n) is 6.61. The summed E-state index contributed by atoms with van der Waals surface area (Å²) in [5.41, 5.74) is 2.13. The van der Waals surface area contributed by atoms with Crippen molar-refractivity contribution in [2.45, 2.75) is 46.2 Å². The number of aromatic nitrogens is 1. The van der Waals surface area contributed by atoms with E-state index in [1.54, 1.807) is 23.1 Å². The van der Waals surface area contributed by atoms with Crippen molar-refractivity contribution in [2.75, 3.05) is 13.2 Å². The number of rotatable bonds is 6. The highest BCUT2D eigenvalue weighted by Crippen LogP contribution is 2.25. The van der Waals surface area contributed by atoms with Gasteiger partial charge in [0, 0.05) is 18.7 Å². The van der Waals surface area contributed by atoms with Gasteiger partial charge in [-0.05, 0) is 45.7 Å². The number of likely N-dealkylation sites (tertiary alicyclic amines) is 1. The number of hydrogen-bond donors (Lipinski definition) is 1. The van der Waals surface area contributed by atoms with Crippen LogP contribution in [0.3, 0.4) is 0 Å². The van der Waals surface area contributed by atoms with Crippen LogP contribution in [0.15, 0.2) is 28.8 Å². The first-order valence-electron chi connectivity index (χ1n) is 9.25. The smallest absolute Gasteiger partial charge is 0.258 e. The first-order valence-corrected chi connectivity index (χ1v) is 9.25. The van der Waals surface area contributed by atoms with Gasteiger partial charge in [0.05, 0.1) is 17.9 Å². The van der Waals surface area contributed by atoms with Crippen molar-refractivity contribution in [1.29, 1.82) is 0 Å². The Hall–Kier alpha value is -2.83. The lowest BCUT2D eigenvalue weighted by atomic mass is 10.1. The molecule has 1 aliphatic heterocycles. The number of nitrogens with zero attached hydrogens (tertiary/aromatic N) is 2. The summed E-state index contributed by atoms with van der Waals surface area (Å²) in [7, 11) is 0. The van der Waals surface area contributed by atoms with Gasteiger partial charge in [-0.1, -0.05) is 17.3 Å². The van der Waals surface area contributed by atoms with Gasteiger partial charge in [-0.25, -0.2) is 0 Å². The largest absolute Gasteiger partial charge is 0.493 e. The van der Waals surface area contributed by atoms with Gasteiger partial charge in [-0.2, -0.15) is 0 Å². The lowest BCUT2D eigenvalue weighted by Gasteiger charge is -2.25. The number of ether oxygens (including phenoxy) is 1. The summed E-state index contributed by atoms with van der Waals surface area (Å²) in [6.45, 7) is 6.91. The number of carbonyl (C=O) groups is 2. The molecule has 0 spiro atoms. The molecule has 7 nitrogen and oxygen atoms in total. The monoisotopic (exact) mass is 371 g/mol. The van der Waals surface area contributed by atoms with E-state index in [2.05, 4.69) is 10.5 Å². The van der Waals surface area contributed by atoms with Gasteiger partial charge in [0.25, 0.3) is 5.91 Å². The lowest BCUT2D eigenvalue weighted by molar-refractivity contribution is -0.125. The zero-order chi connectivity index (χ0) is 19.4. The molecule has 1 unspecified atom stereocenters. The van der Waals surface area contributed by atoms with Crippen molar-refractivity contribution in [3.05, 3.63) is 46.8 Å². The van der Waals surface area contributed by atoms with E-state index in [0.717, 1.165) is 17.7 Å². The zero-order valence-corrected chi connectivity index (χ0v) is 15.9. The van der Waals surface area contributed by atoms with Crippen LogP contribution >= 0.6 is 0 Å². The molecular weight excluding hydrogens is 346 g/mol. The Kier molecular flexibility index (Phi) is 5.78. The molecule has 1 fully saturated rings. The maximum Gasteiger partial charge on any atom is 0.258 e. The second kappa shape index (κ2) is 8.24. The summed E-state index contributed by atoms with van der Waals surface area (Å²) in [6, 6.07) is 6.68. The van der Waals surface area contributed by atoms with Crippen molar-refractivity contribution < 1.29 is 18.8 Å². The van der Waals surface area contributed by atoms with Crippen LogP contribution < -0.4 is 10.1 Å². The molecule has 3 rings (SSSR count). The van der Waals surface area contributed by atoms with Crippen LogP contribution in [-0.2, 0) is 11.3 Å². The molecule has 1 aromatic heterocycles. The first-order chi connectivity index (χ1) is 13.0. The summed E-state index contributed by atoms with van der Waals surface area (Å²) in [6.07, 6.45) is 1.45. The molecule has 1 atom stereocenters. The van der Waals surface area contributed by atoms with Gasteiger partial charge in [-0.15, -0.1) is 0 Å². The predicted molar refractivity (Wildman–Crippen MR) is 99.5 cm³/mol. The number of hydrogen-bond acceptors (Lipinski definition) is 5. The summed E-state index contributed by atoms with van der Waals surface area (Å²) in [5, 5.41) is 6.82. The number of aryl methyl sites for hydroxylation is 2. The molecule has 0 bridgehead atoms. The normalized spacial score (nSPS) is 16.4. The molecule has 0 aliphatic carbocycles. The van der Waals surface area contributed by atoms with Crippen LogP contribution in [0.2, 0.25) is 0 Å². The molecule has 2 heterocycles. The molecule has 7 heteroatoms. The minimum absolute atomic E-state index is 0.158. The van der Waals surface area contributed by atoms with Crippen molar-refractivity contribution in [3.8, 4) is 5.75 Å². The van der Waals surface area contributed by atoms with Crippen molar-refractivity contribution in [3.63, 3.8) is 0 Å². The highest BCUT2D eigenvalue weighted by Gasteiger charge is 2.35. The van der Waals surface area contributed by atoms with Crippen molar-refractivity contribution in [1.82, 2.24) is 15.4 Å². The summed E-state index contributed by atoms with van der Waals surface area (Å²) < 4.78 is 10.7. The first kappa shape index (κ1) is 18.9. The Labute approximate surface area is 158 Å². The molecule has 2 amide bonds. The second-order valence-corrected chi connectivity index (χ2v) is 6.61. The van der Waals surface area contributed by atoms with Crippen LogP contribution in [0, 0.1) is 13.8 Å². The standard InChI is InChI=1S/C20H25N3O4/c1-4-26-18-10-6-5-8-15(18)20(25)23-11-7-9-17(23)19(24)21-12-16-13(2)22-27-14(16)3/h5-6,8,10,17H,4,7,9,11-12H2,1-3H3,(H,21,24). The van der Waals surface area contributed by atoms with Crippen molar-refractivity contribution >= 4 is 11.8 Å². The van der Waals surface area contributed by atoms with Crippen LogP contribution in [-0.4, -0.2) is 41.1 Å². The van der Waals surface area contributed by atoms with E-state index >= 15 is 0 Å². The third kappa shape index (κ3) is 3.97. The molecular formula is C20H25N3O4. The highest BCUT2D eigenvalue weighted by molar-refractivity contribution is 6.00. The fourth-order valence-corrected chi connectivity index (χ4v) is 3.41. The average molecular weight is 371 g/mol. The third-order valence-electron chi connectivity index (χ3n) is 4.85. The van der Waals surface area contributed by atoms with Crippen LogP contribution in [0.4, 0.5) is 0 Å². The molecule has 0 radical (unpaired) electrons. The molecule has 1 saturated heterocycles. The fourth-order valence-electron chi connectivity index (χ4n) is 3.41. The lowest BCUT2D eigenvalue weighted by Crippen LogP contribution is -2.45. The highest BCUT2D eigenvalue weighted by atomic mass is 16.5. The Balaban J connectivity index is 1.71. The molecule has 2 aromatic rings. The average Bonchev–Trinajstić information content (AvgIpc) is 3.27. The van der Waals surface area contributed by atoms with Gasteiger partial charge < -0.3 is 19.5 Å². The zero-order valence-electron chi connectivity index (χ0n) is 15.9. The number of nitrogens with one attached hydrogen (secondary N) is 1. The van der Waals surface area contributed by atoms with E-state index in [1.165, 1.54) is 0 Å². The number of benzene rings is 1. The van der Waals surface area contributed by atoms with E-state index in [1.807, 2.05) is 26.8 Å². The molecule has 1 aliphatic rings. The minimum atomic E-state index is -0.479. The SMILES string of the molecule is CCOc1ccccc1C(=O)N1CCCC1C(=O)NCc1c(C)noc1C. The molecule has 1 aromatic carbocycles. The van der Waals surface area contributed by atoms with Gasteiger partial charge in [-0.3, -0.25) is 9.59 Å². The van der Waals surface area contributed by atoms with Crippen LogP contribution in [0.25, 0.3) is 0 Å². The Bertz CT molecular complexity index is 811. The van der Waals surface area contributed by atoms with E-state index in [4.69, 9.17) is 9.26 Å².